The molecule has 10 heteroatoms. The third-order valence-corrected chi connectivity index (χ3v) is 9.29. The molecule has 1 aliphatic carbocycles. The first-order chi connectivity index (χ1) is 19.2. The predicted octanol–water partition coefficient (Wildman–Crippen LogP) is 5.12. The zero-order chi connectivity index (χ0) is 28.5. The molecule has 1 saturated carbocycles. The molecule has 210 valence electrons. The average molecular weight is 566 g/mol. The van der Waals surface area contributed by atoms with Gasteiger partial charge in [-0.1, -0.05) is 31.0 Å². The van der Waals surface area contributed by atoms with Gasteiger partial charge in [-0.15, -0.1) is 0 Å². The minimum Gasteiger partial charge on any atom is -0.462 e. The highest BCUT2D eigenvalue weighted by molar-refractivity contribution is 7.89. The number of sulfonamides is 1. The Hall–Kier alpha value is -3.76. The Balaban J connectivity index is 1.42. The summed E-state index contributed by atoms with van der Waals surface area (Å²) in [4.78, 5) is 27.9. The van der Waals surface area contributed by atoms with Crippen LogP contribution in [0.25, 0.3) is 11.1 Å². The first-order valence-electron chi connectivity index (χ1n) is 13.4. The summed E-state index contributed by atoms with van der Waals surface area (Å²) in [5, 5.41) is 2.96. The van der Waals surface area contributed by atoms with Crippen molar-refractivity contribution in [3.8, 4) is 11.1 Å². The molecule has 0 unspecified atom stereocenters. The van der Waals surface area contributed by atoms with E-state index in [1.165, 1.54) is 37.4 Å². The van der Waals surface area contributed by atoms with Crippen molar-refractivity contribution >= 4 is 27.7 Å². The molecule has 0 saturated heterocycles. The minimum absolute atomic E-state index is 0.155. The Morgan fingerprint density at radius 1 is 1.02 bits per heavy atom. The van der Waals surface area contributed by atoms with Gasteiger partial charge < -0.3 is 10.1 Å². The lowest BCUT2D eigenvalue weighted by molar-refractivity contribution is 0.0527. The summed E-state index contributed by atoms with van der Waals surface area (Å²) in [7, 11) is -2.18. The molecule has 1 aliphatic heterocycles. The van der Waals surface area contributed by atoms with E-state index in [-0.39, 0.29) is 29.5 Å². The zero-order valence-electron chi connectivity index (χ0n) is 22.5. The van der Waals surface area contributed by atoms with Gasteiger partial charge in [0.15, 0.2) is 0 Å². The van der Waals surface area contributed by atoms with Crippen molar-refractivity contribution in [1.82, 2.24) is 10.0 Å². The first kappa shape index (κ1) is 27.8. The third kappa shape index (κ3) is 5.21. The number of anilines is 1. The fraction of sp³-hybridized carbons (Fsp3) is 0.333. The molecule has 5 rings (SSSR count). The number of carbonyl (C=O) groups is 2. The molecule has 0 radical (unpaired) electrons. The van der Waals surface area contributed by atoms with Crippen LogP contribution in [0.1, 0.15) is 54.1 Å². The molecule has 2 amide bonds. The van der Waals surface area contributed by atoms with Crippen molar-refractivity contribution in [1.29, 1.82) is 0 Å². The summed E-state index contributed by atoms with van der Waals surface area (Å²) in [6.45, 7) is 2.71. The van der Waals surface area contributed by atoms with Crippen LogP contribution in [0.3, 0.4) is 0 Å². The molecule has 2 aliphatic rings. The smallest absolute Gasteiger partial charge is 0.338 e. The number of nitrogens with zero attached hydrogens (tertiary/aromatic N) is 1. The van der Waals surface area contributed by atoms with E-state index in [1.807, 2.05) is 18.2 Å². The molecule has 40 heavy (non-hydrogen) atoms. The Morgan fingerprint density at radius 3 is 2.42 bits per heavy atom. The lowest BCUT2D eigenvalue weighted by atomic mass is 9.79. The van der Waals surface area contributed by atoms with Gasteiger partial charge in [-0.25, -0.2) is 27.1 Å². The SMILES string of the molecule is CCOC(=O)c1ccc(F)cc1-c1ccc2c(c1)C1(CCCC1)CN2C(=O)NCc1ccc(S(=O)(=O)NC)cc1. The van der Waals surface area contributed by atoms with Gasteiger partial charge in [-0.05, 0) is 91.5 Å². The number of carbonyl (C=O) groups excluding carboxylic acids is 2. The molecular formula is C30H32FN3O5S. The highest BCUT2D eigenvalue weighted by Crippen LogP contribution is 2.51. The number of ether oxygens (including phenoxy) is 1. The number of rotatable bonds is 7. The normalized spacial score (nSPS) is 15.7. The highest BCUT2D eigenvalue weighted by atomic mass is 32.2. The zero-order valence-corrected chi connectivity index (χ0v) is 23.3. The molecule has 2 N–H and O–H groups in total. The van der Waals surface area contributed by atoms with Gasteiger partial charge in [-0.3, -0.25) is 4.90 Å². The fourth-order valence-electron chi connectivity index (χ4n) is 5.82. The van der Waals surface area contributed by atoms with Crippen LogP contribution in [0, 0.1) is 5.82 Å². The van der Waals surface area contributed by atoms with Crippen LogP contribution in [-0.2, 0) is 26.7 Å². The number of hydrogen-bond acceptors (Lipinski definition) is 5. The van der Waals surface area contributed by atoms with Crippen molar-refractivity contribution in [3.63, 3.8) is 0 Å². The van der Waals surface area contributed by atoms with Crippen LogP contribution in [0.5, 0.6) is 0 Å². The monoisotopic (exact) mass is 565 g/mol. The van der Waals surface area contributed by atoms with E-state index in [1.54, 1.807) is 24.0 Å². The van der Waals surface area contributed by atoms with Crippen molar-refractivity contribution < 1.29 is 27.1 Å². The van der Waals surface area contributed by atoms with E-state index in [0.717, 1.165) is 42.5 Å². The number of urea groups is 1. The van der Waals surface area contributed by atoms with Gasteiger partial charge in [-0.2, -0.15) is 0 Å². The van der Waals surface area contributed by atoms with E-state index in [4.69, 9.17) is 4.74 Å². The van der Waals surface area contributed by atoms with Crippen molar-refractivity contribution in [2.75, 3.05) is 25.1 Å². The molecule has 0 atom stereocenters. The van der Waals surface area contributed by atoms with Crippen molar-refractivity contribution in [3.05, 3.63) is 83.2 Å². The van der Waals surface area contributed by atoms with Gasteiger partial charge in [0.25, 0.3) is 0 Å². The summed E-state index contributed by atoms with van der Waals surface area (Å²) in [5.41, 5.74) is 3.85. The number of esters is 1. The second-order valence-electron chi connectivity index (χ2n) is 10.2. The number of benzene rings is 3. The van der Waals surface area contributed by atoms with Gasteiger partial charge >= 0.3 is 12.0 Å². The number of amides is 2. The third-order valence-electron chi connectivity index (χ3n) is 7.86. The van der Waals surface area contributed by atoms with Gasteiger partial charge in [0.2, 0.25) is 10.0 Å². The van der Waals surface area contributed by atoms with Gasteiger partial charge in [0.1, 0.15) is 5.82 Å². The molecule has 1 fully saturated rings. The quantitative estimate of drug-likeness (QED) is 0.387. The molecule has 0 aromatic heterocycles. The molecule has 1 heterocycles. The molecule has 8 nitrogen and oxygen atoms in total. The Labute approximate surface area is 233 Å². The second-order valence-corrected chi connectivity index (χ2v) is 12.1. The molecule has 0 bridgehead atoms. The number of fused-ring (bicyclic) bond motifs is 2. The molecule has 1 spiro atoms. The van der Waals surface area contributed by atoms with E-state index in [0.29, 0.717) is 23.2 Å². The number of hydrogen-bond donors (Lipinski definition) is 2. The molecular weight excluding hydrogens is 533 g/mol. The van der Waals surface area contributed by atoms with Crippen molar-refractivity contribution in [2.45, 2.75) is 49.5 Å². The van der Waals surface area contributed by atoms with E-state index < -0.39 is 21.8 Å². The Morgan fingerprint density at radius 2 is 1.75 bits per heavy atom. The van der Waals surface area contributed by atoms with Crippen LogP contribution < -0.4 is 14.9 Å². The van der Waals surface area contributed by atoms with Crippen LogP contribution in [0.2, 0.25) is 0 Å². The number of nitrogens with one attached hydrogen (secondary N) is 2. The van der Waals surface area contributed by atoms with Gasteiger partial charge in [0, 0.05) is 24.2 Å². The summed E-state index contributed by atoms with van der Waals surface area (Å²) in [6, 6.07) is 15.8. The Bertz CT molecular complexity index is 1550. The lowest BCUT2D eigenvalue weighted by Gasteiger charge is -2.25. The maximum absolute atomic E-state index is 14.3. The van der Waals surface area contributed by atoms with E-state index >= 15 is 0 Å². The maximum atomic E-state index is 14.3. The van der Waals surface area contributed by atoms with Crippen LogP contribution in [0.4, 0.5) is 14.9 Å². The standard InChI is InChI=1S/C30H32FN3O5S/c1-3-39-28(35)24-12-9-22(31)17-25(24)21-8-13-27-26(16-21)30(14-4-5-15-30)19-34(27)29(36)33-18-20-6-10-23(11-7-20)40(37,38)32-2/h6-13,16-17,32H,3-5,14-15,18-19H2,1-2H3,(H,33,36). The largest absolute Gasteiger partial charge is 0.462 e. The average Bonchev–Trinajstić information content (AvgIpc) is 3.57. The number of halogens is 1. The summed E-state index contributed by atoms with van der Waals surface area (Å²) in [6.07, 6.45) is 3.97. The van der Waals surface area contributed by atoms with Crippen molar-refractivity contribution in [2.24, 2.45) is 0 Å². The second kappa shape index (κ2) is 11.0. The predicted molar refractivity (Wildman–Crippen MR) is 150 cm³/mol. The Kier molecular flexibility index (Phi) is 7.65. The summed E-state index contributed by atoms with van der Waals surface area (Å²) < 4.78 is 45.7. The first-order valence-corrected chi connectivity index (χ1v) is 14.9. The molecule has 3 aromatic rings. The van der Waals surface area contributed by atoms with Crippen LogP contribution in [-0.4, -0.2) is 40.6 Å². The van der Waals surface area contributed by atoms with Gasteiger partial charge in [0.05, 0.1) is 17.1 Å². The molecule has 3 aromatic carbocycles. The van der Waals surface area contributed by atoms with E-state index in [9.17, 15) is 22.4 Å². The lowest BCUT2D eigenvalue weighted by Crippen LogP contribution is -2.41. The summed E-state index contributed by atoms with van der Waals surface area (Å²) in [5.74, 6) is -0.956. The minimum atomic E-state index is -3.53. The fourth-order valence-corrected chi connectivity index (χ4v) is 6.55. The van der Waals surface area contributed by atoms with Crippen LogP contribution >= 0.6 is 0 Å². The van der Waals surface area contributed by atoms with Crippen LogP contribution in [0.15, 0.2) is 65.6 Å². The summed E-state index contributed by atoms with van der Waals surface area (Å²) >= 11 is 0. The van der Waals surface area contributed by atoms with E-state index in [2.05, 4.69) is 10.0 Å². The maximum Gasteiger partial charge on any atom is 0.338 e. The topological polar surface area (TPSA) is 105 Å². The highest BCUT2D eigenvalue weighted by Gasteiger charge is 2.46.